The Bertz CT molecular complexity index is 165. The Morgan fingerprint density at radius 2 is 1.12 bits per heavy atom. The van der Waals surface area contributed by atoms with Gasteiger partial charge in [-0.05, 0) is 38.5 Å². The maximum Gasteiger partial charge on any atom is 0.0223 e. The molecule has 17 heavy (non-hydrogen) atoms. The molecule has 0 aliphatic heterocycles. The van der Waals surface area contributed by atoms with Gasteiger partial charge in [0.15, 0.2) is 0 Å². The molecule has 0 aromatic rings. The summed E-state index contributed by atoms with van der Waals surface area (Å²) in [7, 11) is 0. The van der Waals surface area contributed by atoms with Crippen LogP contribution in [0, 0.1) is 0 Å². The molecule has 1 aliphatic carbocycles. The molecule has 2 unspecified atom stereocenters. The smallest absolute Gasteiger partial charge is 0.0223 e. The van der Waals surface area contributed by atoms with Gasteiger partial charge in [-0.3, -0.25) is 0 Å². The molecule has 1 aliphatic rings. The molecule has 0 saturated heterocycles. The summed E-state index contributed by atoms with van der Waals surface area (Å²) in [4.78, 5) is 0. The Hall–Kier alpha value is -0.0800. The van der Waals surface area contributed by atoms with E-state index in [1.165, 1.54) is 44.9 Å². The Morgan fingerprint density at radius 3 is 1.41 bits per heavy atom. The highest BCUT2D eigenvalue weighted by molar-refractivity contribution is 4.91. The van der Waals surface area contributed by atoms with Crippen molar-refractivity contribution in [2.24, 2.45) is 0 Å². The van der Waals surface area contributed by atoms with Crippen LogP contribution >= 0.6 is 0 Å². The molecule has 2 heteroatoms. The van der Waals surface area contributed by atoms with Crippen LogP contribution in [0.25, 0.3) is 0 Å². The Labute approximate surface area is 108 Å². The highest BCUT2D eigenvalue weighted by atomic mass is 15.1. The number of hydrogen-bond acceptors (Lipinski definition) is 2. The summed E-state index contributed by atoms with van der Waals surface area (Å²) >= 11 is 0. The molecule has 1 rings (SSSR count). The maximum atomic E-state index is 3.86. The van der Waals surface area contributed by atoms with Gasteiger partial charge in [0.1, 0.15) is 0 Å². The van der Waals surface area contributed by atoms with E-state index < -0.39 is 0 Å². The summed E-state index contributed by atoms with van der Waals surface area (Å²) in [6.07, 6.45) is 9.11. The quantitative estimate of drug-likeness (QED) is 0.679. The summed E-state index contributed by atoms with van der Waals surface area (Å²) in [6, 6.07) is 2.84. The van der Waals surface area contributed by atoms with Gasteiger partial charge in [-0.1, -0.05) is 34.1 Å². The topological polar surface area (TPSA) is 24.1 Å². The van der Waals surface area contributed by atoms with Crippen LogP contribution < -0.4 is 10.6 Å². The van der Waals surface area contributed by atoms with Crippen LogP contribution in [0.5, 0.6) is 0 Å². The van der Waals surface area contributed by atoms with Crippen molar-refractivity contribution in [3.63, 3.8) is 0 Å². The molecule has 0 aromatic carbocycles. The third kappa shape index (κ3) is 4.59. The standard InChI is InChI=1S/C15H32N2/c1-5-12(6-2)16-14-10-9-11-15(14)17-13(7-3)8-4/h12-17H,5-11H2,1-4H3. The number of hydrogen-bond donors (Lipinski definition) is 2. The van der Waals surface area contributed by atoms with Crippen LogP contribution in [0.1, 0.15) is 72.6 Å². The van der Waals surface area contributed by atoms with E-state index in [0.717, 1.165) is 0 Å². The largest absolute Gasteiger partial charge is 0.310 e. The summed E-state index contributed by atoms with van der Waals surface area (Å²) in [5.74, 6) is 0. The maximum absolute atomic E-state index is 3.86. The third-order valence-corrected chi connectivity index (χ3v) is 4.39. The lowest BCUT2D eigenvalue weighted by molar-refractivity contribution is 0.323. The molecule has 2 nitrogen and oxygen atoms in total. The first-order chi connectivity index (χ1) is 8.24. The van der Waals surface area contributed by atoms with E-state index in [1.54, 1.807) is 0 Å². The lowest BCUT2D eigenvalue weighted by Crippen LogP contribution is -2.50. The van der Waals surface area contributed by atoms with Gasteiger partial charge < -0.3 is 10.6 Å². The molecule has 0 bridgehead atoms. The molecule has 0 spiro atoms. The molecule has 0 amide bonds. The van der Waals surface area contributed by atoms with Crippen molar-refractivity contribution < 1.29 is 0 Å². The molecular weight excluding hydrogens is 208 g/mol. The zero-order valence-corrected chi connectivity index (χ0v) is 12.3. The fourth-order valence-electron chi connectivity index (χ4n) is 3.01. The predicted octanol–water partition coefficient (Wildman–Crippen LogP) is 3.46. The average Bonchev–Trinajstić information content (AvgIpc) is 2.80. The average molecular weight is 240 g/mol. The minimum atomic E-state index is 0.709. The first-order valence-electron chi connectivity index (χ1n) is 7.77. The van der Waals surface area contributed by atoms with Crippen molar-refractivity contribution in [3.8, 4) is 0 Å². The lowest BCUT2D eigenvalue weighted by Gasteiger charge is -2.29. The molecule has 0 radical (unpaired) electrons. The van der Waals surface area contributed by atoms with Crippen molar-refractivity contribution >= 4 is 0 Å². The van der Waals surface area contributed by atoms with Gasteiger partial charge in [0, 0.05) is 24.2 Å². The first kappa shape index (κ1) is 15.0. The molecular formula is C15H32N2. The van der Waals surface area contributed by atoms with Crippen molar-refractivity contribution in [1.29, 1.82) is 0 Å². The van der Waals surface area contributed by atoms with Crippen molar-refractivity contribution in [2.75, 3.05) is 0 Å². The van der Waals surface area contributed by atoms with Crippen molar-refractivity contribution in [3.05, 3.63) is 0 Å². The molecule has 102 valence electrons. The fraction of sp³-hybridized carbons (Fsp3) is 1.00. The zero-order valence-electron chi connectivity index (χ0n) is 12.3. The van der Waals surface area contributed by atoms with Crippen molar-refractivity contribution in [2.45, 2.75) is 96.8 Å². The van der Waals surface area contributed by atoms with Crippen LogP contribution in [-0.4, -0.2) is 24.2 Å². The van der Waals surface area contributed by atoms with E-state index >= 15 is 0 Å². The minimum Gasteiger partial charge on any atom is -0.310 e. The molecule has 1 saturated carbocycles. The van der Waals surface area contributed by atoms with Crippen LogP contribution in [0.2, 0.25) is 0 Å². The first-order valence-corrected chi connectivity index (χ1v) is 7.77. The second-order valence-electron chi connectivity index (χ2n) is 5.50. The Kier molecular flexibility index (Phi) is 7.14. The highest BCUT2D eigenvalue weighted by Crippen LogP contribution is 2.21. The van der Waals surface area contributed by atoms with Crippen LogP contribution in [-0.2, 0) is 0 Å². The van der Waals surface area contributed by atoms with Crippen LogP contribution in [0.15, 0.2) is 0 Å². The number of rotatable bonds is 8. The number of nitrogens with one attached hydrogen (secondary N) is 2. The molecule has 0 heterocycles. The third-order valence-electron chi connectivity index (χ3n) is 4.39. The molecule has 2 N–H and O–H groups in total. The SMILES string of the molecule is CCC(CC)NC1CCCC1NC(CC)CC. The van der Waals surface area contributed by atoms with E-state index in [0.29, 0.717) is 24.2 Å². The fourth-order valence-corrected chi connectivity index (χ4v) is 3.01. The second kappa shape index (κ2) is 8.10. The van der Waals surface area contributed by atoms with Gasteiger partial charge in [0.05, 0.1) is 0 Å². The van der Waals surface area contributed by atoms with E-state index in [1.807, 2.05) is 0 Å². The monoisotopic (exact) mass is 240 g/mol. The Morgan fingerprint density at radius 1 is 0.765 bits per heavy atom. The summed E-state index contributed by atoms with van der Waals surface area (Å²) in [5.41, 5.74) is 0. The van der Waals surface area contributed by atoms with Crippen molar-refractivity contribution in [1.82, 2.24) is 10.6 Å². The molecule has 0 aromatic heterocycles. The van der Waals surface area contributed by atoms with E-state index in [4.69, 9.17) is 0 Å². The van der Waals surface area contributed by atoms with E-state index in [9.17, 15) is 0 Å². The van der Waals surface area contributed by atoms with Gasteiger partial charge in [-0.25, -0.2) is 0 Å². The van der Waals surface area contributed by atoms with Gasteiger partial charge >= 0.3 is 0 Å². The van der Waals surface area contributed by atoms with Gasteiger partial charge in [-0.15, -0.1) is 0 Å². The summed E-state index contributed by atoms with van der Waals surface area (Å²) < 4.78 is 0. The lowest BCUT2D eigenvalue weighted by atomic mass is 10.1. The summed E-state index contributed by atoms with van der Waals surface area (Å²) in [6.45, 7) is 9.16. The predicted molar refractivity (Wildman–Crippen MR) is 76.4 cm³/mol. The van der Waals surface area contributed by atoms with Gasteiger partial charge in [0.25, 0.3) is 0 Å². The normalized spacial score (nSPS) is 25.1. The summed E-state index contributed by atoms with van der Waals surface area (Å²) in [5, 5.41) is 7.71. The van der Waals surface area contributed by atoms with Crippen LogP contribution in [0.4, 0.5) is 0 Å². The molecule has 2 atom stereocenters. The minimum absolute atomic E-state index is 0.709. The van der Waals surface area contributed by atoms with Crippen LogP contribution in [0.3, 0.4) is 0 Å². The zero-order chi connectivity index (χ0) is 12.7. The Balaban J connectivity index is 2.42. The van der Waals surface area contributed by atoms with Gasteiger partial charge in [0.2, 0.25) is 0 Å². The highest BCUT2D eigenvalue weighted by Gasteiger charge is 2.29. The molecule has 1 fully saturated rings. The van der Waals surface area contributed by atoms with E-state index in [-0.39, 0.29) is 0 Å². The van der Waals surface area contributed by atoms with Gasteiger partial charge in [-0.2, -0.15) is 0 Å². The van der Waals surface area contributed by atoms with E-state index in [2.05, 4.69) is 38.3 Å². The second-order valence-corrected chi connectivity index (χ2v) is 5.50.